The summed E-state index contributed by atoms with van der Waals surface area (Å²) in [7, 11) is 0. The molecule has 0 aromatic carbocycles. The van der Waals surface area contributed by atoms with Gasteiger partial charge in [0.25, 0.3) is 0 Å². The molecule has 6 heteroatoms. The SMILES string of the molecule is Cc1cscc1CNc1nc(C(C)C)nc(NN)c1C. The molecule has 0 aliphatic rings. The number of hydrogen-bond acceptors (Lipinski definition) is 6. The van der Waals surface area contributed by atoms with Gasteiger partial charge in [-0.3, -0.25) is 0 Å². The van der Waals surface area contributed by atoms with Crippen LogP contribution in [-0.4, -0.2) is 9.97 Å². The molecule has 2 heterocycles. The maximum atomic E-state index is 5.54. The number of aromatic nitrogens is 2. The van der Waals surface area contributed by atoms with E-state index < -0.39 is 0 Å². The second-order valence-corrected chi connectivity index (χ2v) is 5.88. The predicted molar refractivity (Wildman–Crippen MR) is 85.1 cm³/mol. The zero-order valence-corrected chi connectivity index (χ0v) is 13.1. The van der Waals surface area contributed by atoms with E-state index in [1.807, 2.05) is 6.92 Å². The summed E-state index contributed by atoms with van der Waals surface area (Å²) in [5, 5.41) is 7.69. The first-order chi connectivity index (χ1) is 9.52. The maximum absolute atomic E-state index is 5.54. The van der Waals surface area contributed by atoms with Crippen LogP contribution in [0.5, 0.6) is 0 Å². The molecule has 5 nitrogen and oxygen atoms in total. The van der Waals surface area contributed by atoms with Crippen molar-refractivity contribution >= 4 is 23.0 Å². The Bertz CT molecular complexity index is 591. The molecule has 2 aromatic heterocycles. The van der Waals surface area contributed by atoms with Crippen LogP contribution in [0, 0.1) is 13.8 Å². The predicted octanol–water partition coefficient (Wildman–Crippen LogP) is 3.18. The maximum Gasteiger partial charge on any atom is 0.148 e. The van der Waals surface area contributed by atoms with Gasteiger partial charge < -0.3 is 10.7 Å². The number of hydrazine groups is 1. The average molecular weight is 291 g/mol. The van der Waals surface area contributed by atoms with Crippen LogP contribution < -0.4 is 16.6 Å². The Labute approximate surface area is 123 Å². The van der Waals surface area contributed by atoms with Crippen LogP contribution in [0.1, 0.15) is 42.3 Å². The van der Waals surface area contributed by atoms with Crippen LogP contribution in [0.15, 0.2) is 10.8 Å². The zero-order valence-electron chi connectivity index (χ0n) is 12.3. The number of thiophene rings is 1. The number of hydrogen-bond donors (Lipinski definition) is 3. The van der Waals surface area contributed by atoms with E-state index in [1.54, 1.807) is 11.3 Å². The lowest BCUT2D eigenvalue weighted by Crippen LogP contribution is -2.15. The number of anilines is 2. The van der Waals surface area contributed by atoms with Crippen LogP contribution in [0.3, 0.4) is 0 Å². The van der Waals surface area contributed by atoms with Crippen molar-refractivity contribution < 1.29 is 0 Å². The number of nitrogen functional groups attached to an aromatic ring is 1. The minimum Gasteiger partial charge on any atom is -0.366 e. The van der Waals surface area contributed by atoms with Crippen molar-refractivity contribution in [1.29, 1.82) is 0 Å². The Morgan fingerprint density at radius 2 is 1.90 bits per heavy atom. The standard InChI is InChI=1S/C14H21N5S/c1-8(2)12-17-13(10(4)14(18-12)19-15)16-5-11-7-20-6-9(11)3/h6-8H,5,15H2,1-4H3,(H2,16,17,18,19). The molecule has 20 heavy (non-hydrogen) atoms. The molecule has 0 fully saturated rings. The number of nitrogens with one attached hydrogen (secondary N) is 2. The monoisotopic (exact) mass is 291 g/mol. The first-order valence-electron chi connectivity index (χ1n) is 6.63. The highest BCUT2D eigenvalue weighted by atomic mass is 32.1. The third-order valence-electron chi connectivity index (χ3n) is 3.22. The number of nitrogens with two attached hydrogens (primary N) is 1. The summed E-state index contributed by atoms with van der Waals surface area (Å²) < 4.78 is 0. The number of aryl methyl sites for hydroxylation is 1. The van der Waals surface area contributed by atoms with Gasteiger partial charge in [0.15, 0.2) is 0 Å². The first kappa shape index (κ1) is 14.7. The Kier molecular flexibility index (Phi) is 4.57. The third kappa shape index (κ3) is 3.08. The number of nitrogens with zero attached hydrogens (tertiary/aromatic N) is 2. The Morgan fingerprint density at radius 1 is 1.20 bits per heavy atom. The van der Waals surface area contributed by atoms with Crippen LogP contribution >= 0.6 is 11.3 Å². The topological polar surface area (TPSA) is 75.9 Å². The van der Waals surface area contributed by atoms with E-state index in [1.165, 1.54) is 11.1 Å². The van der Waals surface area contributed by atoms with Gasteiger partial charge in [0.05, 0.1) is 0 Å². The molecule has 108 valence electrons. The van der Waals surface area contributed by atoms with Crippen molar-refractivity contribution in [3.8, 4) is 0 Å². The second-order valence-electron chi connectivity index (χ2n) is 5.14. The first-order valence-corrected chi connectivity index (χ1v) is 7.58. The Morgan fingerprint density at radius 3 is 2.45 bits per heavy atom. The highest BCUT2D eigenvalue weighted by molar-refractivity contribution is 7.08. The van der Waals surface area contributed by atoms with E-state index in [2.05, 4.69) is 52.2 Å². The van der Waals surface area contributed by atoms with E-state index >= 15 is 0 Å². The largest absolute Gasteiger partial charge is 0.366 e. The van der Waals surface area contributed by atoms with Crippen molar-refractivity contribution in [3.05, 3.63) is 33.3 Å². The van der Waals surface area contributed by atoms with E-state index in [0.717, 1.165) is 23.8 Å². The fourth-order valence-corrected chi connectivity index (χ4v) is 2.71. The van der Waals surface area contributed by atoms with Crippen LogP contribution in [0.25, 0.3) is 0 Å². The molecule has 2 rings (SSSR count). The molecular formula is C14H21N5S. The fraction of sp³-hybridized carbons (Fsp3) is 0.429. The molecule has 0 unspecified atom stereocenters. The zero-order chi connectivity index (χ0) is 14.7. The Hall–Kier alpha value is -1.66. The van der Waals surface area contributed by atoms with Crippen LogP contribution in [0.4, 0.5) is 11.6 Å². The molecule has 0 radical (unpaired) electrons. The van der Waals surface area contributed by atoms with Gasteiger partial charge >= 0.3 is 0 Å². The highest BCUT2D eigenvalue weighted by Crippen LogP contribution is 2.23. The minimum absolute atomic E-state index is 0.256. The van der Waals surface area contributed by atoms with Gasteiger partial charge in [0.1, 0.15) is 17.5 Å². The van der Waals surface area contributed by atoms with Gasteiger partial charge in [-0.05, 0) is 35.7 Å². The van der Waals surface area contributed by atoms with Crippen molar-refractivity contribution in [2.75, 3.05) is 10.7 Å². The van der Waals surface area contributed by atoms with E-state index in [-0.39, 0.29) is 5.92 Å². The van der Waals surface area contributed by atoms with Crippen molar-refractivity contribution in [3.63, 3.8) is 0 Å². The van der Waals surface area contributed by atoms with Crippen molar-refractivity contribution in [2.45, 2.75) is 40.2 Å². The van der Waals surface area contributed by atoms with Crippen molar-refractivity contribution in [2.24, 2.45) is 5.84 Å². The molecule has 2 aromatic rings. The summed E-state index contributed by atoms with van der Waals surface area (Å²) in [6.07, 6.45) is 0. The van der Waals surface area contributed by atoms with Crippen molar-refractivity contribution in [1.82, 2.24) is 9.97 Å². The molecule has 4 N–H and O–H groups in total. The second kappa shape index (κ2) is 6.19. The third-order valence-corrected chi connectivity index (χ3v) is 4.13. The molecule has 0 atom stereocenters. The summed E-state index contributed by atoms with van der Waals surface area (Å²) in [4.78, 5) is 9.02. The average Bonchev–Trinajstić information content (AvgIpc) is 2.83. The van der Waals surface area contributed by atoms with Gasteiger partial charge in [-0.1, -0.05) is 13.8 Å². The lowest BCUT2D eigenvalue weighted by atomic mass is 10.2. The molecule has 0 spiro atoms. The summed E-state index contributed by atoms with van der Waals surface area (Å²) >= 11 is 1.72. The molecule has 0 saturated heterocycles. The molecule has 0 aliphatic heterocycles. The molecule has 0 amide bonds. The fourth-order valence-electron chi connectivity index (χ4n) is 1.85. The quantitative estimate of drug-likeness (QED) is 0.582. The Balaban J connectivity index is 2.26. The van der Waals surface area contributed by atoms with Crippen LogP contribution in [0.2, 0.25) is 0 Å². The van der Waals surface area contributed by atoms with E-state index in [4.69, 9.17) is 5.84 Å². The smallest absolute Gasteiger partial charge is 0.148 e. The molecule has 0 aliphatic carbocycles. The minimum atomic E-state index is 0.256. The molecule has 0 saturated carbocycles. The number of rotatable bonds is 5. The lowest BCUT2D eigenvalue weighted by molar-refractivity contribution is 0.772. The summed E-state index contributed by atoms with van der Waals surface area (Å²) in [6.45, 7) is 8.97. The molecule has 0 bridgehead atoms. The molecular weight excluding hydrogens is 270 g/mol. The lowest BCUT2D eigenvalue weighted by Gasteiger charge is -2.15. The summed E-state index contributed by atoms with van der Waals surface area (Å²) in [5.41, 5.74) is 6.18. The summed E-state index contributed by atoms with van der Waals surface area (Å²) in [5.74, 6) is 8.09. The highest BCUT2D eigenvalue weighted by Gasteiger charge is 2.12. The van der Waals surface area contributed by atoms with Gasteiger partial charge in [0.2, 0.25) is 0 Å². The van der Waals surface area contributed by atoms with Gasteiger partial charge in [-0.15, -0.1) is 0 Å². The normalized spacial score (nSPS) is 10.9. The van der Waals surface area contributed by atoms with Gasteiger partial charge in [-0.2, -0.15) is 11.3 Å². The van der Waals surface area contributed by atoms with E-state index in [9.17, 15) is 0 Å². The summed E-state index contributed by atoms with van der Waals surface area (Å²) in [6, 6.07) is 0. The van der Waals surface area contributed by atoms with Gasteiger partial charge in [0, 0.05) is 18.0 Å². The van der Waals surface area contributed by atoms with E-state index in [0.29, 0.717) is 5.82 Å². The van der Waals surface area contributed by atoms with Crippen LogP contribution in [-0.2, 0) is 6.54 Å². The van der Waals surface area contributed by atoms with Gasteiger partial charge in [-0.25, -0.2) is 15.8 Å².